The third-order valence-corrected chi connectivity index (χ3v) is 3.07. The van der Waals surface area contributed by atoms with Crippen molar-refractivity contribution in [2.75, 3.05) is 6.61 Å². The molecule has 0 heterocycles. The fraction of sp³-hybridized carbons (Fsp3) is 0.909. The van der Waals surface area contributed by atoms with Crippen molar-refractivity contribution < 1.29 is 9.90 Å². The monoisotopic (exact) mass is 199 g/mol. The van der Waals surface area contributed by atoms with Crippen molar-refractivity contribution in [3.05, 3.63) is 0 Å². The lowest BCUT2D eigenvalue weighted by molar-refractivity contribution is -0.126. The van der Waals surface area contributed by atoms with Crippen LogP contribution in [0.2, 0.25) is 0 Å². The molecule has 0 radical (unpaired) electrons. The van der Waals surface area contributed by atoms with Crippen LogP contribution < -0.4 is 5.32 Å². The van der Waals surface area contributed by atoms with E-state index in [4.69, 9.17) is 5.11 Å². The minimum atomic E-state index is -0.0938. The lowest BCUT2D eigenvalue weighted by Gasteiger charge is -2.22. The Hall–Kier alpha value is -0.570. The van der Waals surface area contributed by atoms with Crippen LogP contribution in [0.25, 0.3) is 0 Å². The fourth-order valence-electron chi connectivity index (χ4n) is 1.55. The van der Waals surface area contributed by atoms with Gasteiger partial charge in [-0.2, -0.15) is 0 Å². The number of rotatable bonds is 5. The fourth-order valence-corrected chi connectivity index (χ4v) is 1.55. The largest absolute Gasteiger partial charge is 0.394 e. The van der Waals surface area contributed by atoms with E-state index in [1.165, 1.54) is 12.8 Å². The number of carbonyl (C=O) groups is 1. The summed E-state index contributed by atoms with van der Waals surface area (Å²) in [4.78, 5) is 11.7. The summed E-state index contributed by atoms with van der Waals surface area (Å²) in [6, 6.07) is -0.0938. The van der Waals surface area contributed by atoms with Crippen LogP contribution >= 0.6 is 0 Å². The van der Waals surface area contributed by atoms with Gasteiger partial charge in [0.05, 0.1) is 12.6 Å². The number of hydrogen-bond donors (Lipinski definition) is 2. The van der Waals surface area contributed by atoms with Crippen LogP contribution in [-0.4, -0.2) is 23.7 Å². The molecule has 1 rings (SSSR count). The number of aliphatic hydroxyl groups excluding tert-OH is 1. The number of carbonyl (C=O) groups excluding carboxylic acids is 1. The maximum absolute atomic E-state index is 11.7. The zero-order chi connectivity index (χ0) is 10.7. The first-order chi connectivity index (χ1) is 6.56. The van der Waals surface area contributed by atoms with Gasteiger partial charge in [0.15, 0.2) is 0 Å². The van der Waals surface area contributed by atoms with E-state index < -0.39 is 0 Å². The quantitative estimate of drug-likeness (QED) is 0.698. The van der Waals surface area contributed by atoms with Gasteiger partial charge < -0.3 is 10.4 Å². The molecule has 82 valence electrons. The first-order valence-electron chi connectivity index (χ1n) is 5.47. The van der Waals surface area contributed by atoms with Crippen molar-refractivity contribution in [1.82, 2.24) is 5.32 Å². The van der Waals surface area contributed by atoms with Crippen molar-refractivity contribution in [2.45, 2.75) is 39.7 Å². The van der Waals surface area contributed by atoms with E-state index in [0.29, 0.717) is 5.92 Å². The van der Waals surface area contributed by atoms with Crippen LogP contribution in [0.5, 0.6) is 0 Å². The van der Waals surface area contributed by atoms with Crippen molar-refractivity contribution in [1.29, 1.82) is 0 Å². The topological polar surface area (TPSA) is 49.3 Å². The van der Waals surface area contributed by atoms with Gasteiger partial charge in [-0.15, -0.1) is 0 Å². The second-order valence-corrected chi connectivity index (χ2v) is 4.67. The number of amides is 1. The molecular formula is C11H21NO2. The van der Waals surface area contributed by atoms with Crippen molar-refractivity contribution >= 4 is 5.91 Å². The van der Waals surface area contributed by atoms with Crippen molar-refractivity contribution in [3.8, 4) is 0 Å². The lowest BCUT2D eigenvalue weighted by atomic mass is 10.0. The molecule has 1 unspecified atom stereocenters. The normalized spacial score (nSPS) is 20.6. The van der Waals surface area contributed by atoms with Gasteiger partial charge in [0.2, 0.25) is 5.91 Å². The first kappa shape index (κ1) is 11.5. The standard InChI is InChI=1S/C11H21NO2/c1-7(2)10(6-13)12-11(14)8(3)9-4-5-9/h7-10,13H,4-6H2,1-3H3,(H,12,14)/t8?,10-/m1/s1. The minimum absolute atomic E-state index is 0.0286. The highest BCUT2D eigenvalue weighted by molar-refractivity contribution is 5.79. The van der Waals surface area contributed by atoms with Gasteiger partial charge in [-0.25, -0.2) is 0 Å². The summed E-state index contributed by atoms with van der Waals surface area (Å²) in [5.74, 6) is 1.08. The van der Waals surface area contributed by atoms with Gasteiger partial charge >= 0.3 is 0 Å². The van der Waals surface area contributed by atoms with Gasteiger partial charge in [0.1, 0.15) is 0 Å². The van der Waals surface area contributed by atoms with Crippen molar-refractivity contribution in [2.24, 2.45) is 17.8 Å². The van der Waals surface area contributed by atoms with Crippen LogP contribution in [0, 0.1) is 17.8 Å². The predicted molar refractivity (Wildman–Crippen MR) is 55.7 cm³/mol. The number of aliphatic hydroxyl groups is 1. The van der Waals surface area contributed by atoms with Crippen LogP contribution in [0.4, 0.5) is 0 Å². The van der Waals surface area contributed by atoms with Gasteiger partial charge in [0, 0.05) is 5.92 Å². The van der Waals surface area contributed by atoms with E-state index in [1.807, 2.05) is 20.8 Å². The zero-order valence-corrected chi connectivity index (χ0v) is 9.29. The van der Waals surface area contributed by atoms with Gasteiger partial charge in [0.25, 0.3) is 0 Å². The summed E-state index contributed by atoms with van der Waals surface area (Å²) < 4.78 is 0. The Morgan fingerprint density at radius 2 is 2.00 bits per heavy atom. The maximum Gasteiger partial charge on any atom is 0.223 e. The molecule has 0 bridgehead atoms. The van der Waals surface area contributed by atoms with Crippen LogP contribution in [0.3, 0.4) is 0 Å². The van der Waals surface area contributed by atoms with E-state index in [1.54, 1.807) is 0 Å². The van der Waals surface area contributed by atoms with Crippen molar-refractivity contribution in [3.63, 3.8) is 0 Å². The number of hydrogen-bond acceptors (Lipinski definition) is 2. The summed E-state index contributed by atoms with van der Waals surface area (Å²) in [5, 5.41) is 12.0. The van der Waals surface area contributed by atoms with E-state index in [0.717, 1.165) is 0 Å². The smallest absolute Gasteiger partial charge is 0.223 e. The molecule has 1 aliphatic rings. The average Bonchev–Trinajstić information content (AvgIpc) is 2.95. The zero-order valence-electron chi connectivity index (χ0n) is 9.29. The summed E-state index contributed by atoms with van der Waals surface area (Å²) in [6.45, 7) is 6.01. The highest BCUT2D eigenvalue weighted by atomic mass is 16.3. The third-order valence-electron chi connectivity index (χ3n) is 3.07. The Balaban J connectivity index is 2.37. The van der Waals surface area contributed by atoms with Crippen LogP contribution in [0.15, 0.2) is 0 Å². The Bertz CT molecular complexity index is 199. The second-order valence-electron chi connectivity index (χ2n) is 4.67. The minimum Gasteiger partial charge on any atom is -0.394 e. The van der Waals surface area contributed by atoms with E-state index in [-0.39, 0.29) is 30.4 Å². The summed E-state index contributed by atoms with van der Waals surface area (Å²) in [6.07, 6.45) is 2.36. The maximum atomic E-state index is 11.7. The average molecular weight is 199 g/mol. The molecule has 14 heavy (non-hydrogen) atoms. The Kier molecular flexibility index (Phi) is 3.93. The van der Waals surface area contributed by atoms with Crippen LogP contribution in [0.1, 0.15) is 33.6 Å². The molecule has 0 aliphatic heterocycles. The van der Waals surface area contributed by atoms with Crippen LogP contribution in [-0.2, 0) is 4.79 Å². The Morgan fingerprint density at radius 1 is 1.43 bits per heavy atom. The Labute approximate surface area is 85.9 Å². The first-order valence-corrected chi connectivity index (χ1v) is 5.47. The molecule has 2 atom stereocenters. The molecule has 1 fully saturated rings. The molecule has 1 aliphatic carbocycles. The predicted octanol–water partition coefficient (Wildman–Crippen LogP) is 1.17. The highest BCUT2D eigenvalue weighted by Crippen LogP contribution is 2.36. The molecule has 2 N–H and O–H groups in total. The molecule has 0 spiro atoms. The molecule has 0 aromatic heterocycles. The molecular weight excluding hydrogens is 178 g/mol. The van der Waals surface area contributed by atoms with Gasteiger partial charge in [-0.05, 0) is 24.7 Å². The Morgan fingerprint density at radius 3 is 2.36 bits per heavy atom. The SMILES string of the molecule is CC(C(=O)N[C@H](CO)C(C)C)C1CC1. The molecule has 1 amide bonds. The molecule has 3 heteroatoms. The summed E-state index contributed by atoms with van der Waals surface area (Å²) >= 11 is 0. The van der Waals surface area contributed by atoms with E-state index >= 15 is 0 Å². The summed E-state index contributed by atoms with van der Waals surface area (Å²) in [5.41, 5.74) is 0. The molecule has 0 aromatic carbocycles. The third kappa shape index (κ3) is 2.98. The van der Waals surface area contributed by atoms with Gasteiger partial charge in [-0.3, -0.25) is 4.79 Å². The van der Waals surface area contributed by atoms with Gasteiger partial charge in [-0.1, -0.05) is 20.8 Å². The van der Waals surface area contributed by atoms with E-state index in [2.05, 4.69) is 5.32 Å². The molecule has 0 saturated heterocycles. The highest BCUT2D eigenvalue weighted by Gasteiger charge is 2.33. The summed E-state index contributed by atoms with van der Waals surface area (Å²) in [7, 11) is 0. The lowest BCUT2D eigenvalue weighted by Crippen LogP contribution is -2.43. The second kappa shape index (κ2) is 4.78. The molecule has 3 nitrogen and oxygen atoms in total. The van der Waals surface area contributed by atoms with E-state index in [9.17, 15) is 4.79 Å². The number of nitrogens with one attached hydrogen (secondary N) is 1. The molecule has 0 aromatic rings. The molecule has 1 saturated carbocycles.